The van der Waals surface area contributed by atoms with Crippen molar-refractivity contribution in [3.05, 3.63) is 51.4 Å². The summed E-state index contributed by atoms with van der Waals surface area (Å²) in [4.78, 5) is 20.9. The van der Waals surface area contributed by atoms with Crippen molar-refractivity contribution in [2.24, 2.45) is 0 Å². The number of aldehydes is 1. The maximum atomic E-state index is 10.8. The van der Waals surface area contributed by atoms with Crippen LogP contribution in [0.2, 0.25) is 0 Å². The third-order valence-corrected chi connectivity index (χ3v) is 2.83. The molecule has 0 saturated carbocycles. The van der Waals surface area contributed by atoms with Gasteiger partial charge in [0.2, 0.25) is 0 Å². The number of rotatable bonds is 4. The molecular formula is C11H7NO4S. The Bertz CT molecular complexity index is 564. The first-order chi connectivity index (χ1) is 8.22. The number of para-hydroxylation sites is 1. The highest BCUT2D eigenvalue weighted by molar-refractivity contribution is 7.12. The number of thiophene rings is 1. The van der Waals surface area contributed by atoms with Crippen molar-refractivity contribution >= 4 is 23.3 Å². The van der Waals surface area contributed by atoms with Crippen molar-refractivity contribution < 1.29 is 14.5 Å². The topological polar surface area (TPSA) is 69.4 Å². The van der Waals surface area contributed by atoms with Gasteiger partial charge in [0.25, 0.3) is 5.06 Å². The molecule has 0 amide bonds. The van der Waals surface area contributed by atoms with E-state index in [9.17, 15) is 14.9 Å². The lowest BCUT2D eigenvalue weighted by Crippen LogP contribution is -1.92. The molecule has 0 bridgehead atoms. The number of carbonyl (C=O) groups is 1. The maximum Gasteiger partial charge on any atom is 0.322 e. The van der Waals surface area contributed by atoms with Gasteiger partial charge in [0, 0.05) is 11.4 Å². The Balaban J connectivity index is 2.34. The summed E-state index contributed by atoms with van der Waals surface area (Å²) >= 11 is 1.11. The number of hydrogen-bond acceptors (Lipinski definition) is 5. The van der Waals surface area contributed by atoms with E-state index in [1.54, 1.807) is 29.6 Å². The van der Waals surface area contributed by atoms with Crippen LogP contribution < -0.4 is 4.74 Å². The number of benzene rings is 1. The predicted molar refractivity (Wildman–Crippen MR) is 62.9 cm³/mol. The Hall–Kier alpha value is -2.21. The Kier molecular flexibility index (Phi) is 3.15. The van der Waals surface area contributed by atoms with Crippen LogP contribution in [0.1, 0.15) is 10.4 Å². The van der Waals surface area contributed by atoms with Gasteiger partial charge in [-0.2, -0.15) is 0 Å². The number of ether oxygens (including phenoxy) is 1. The molecule has 2 rings (SSSR count). The molecule has 1 heterocycles. The molecule has 0 saturated heterocycles. The van der Waals surface area contributed by atoms with Crippen LogP contribution in [0.5, 0.6) is 10.8 Å². The molecule has 0 aliphatic carbocycles. The number of nitrogens with zero attached hydrogens (tertiary/aromatic N) is 1. The van der Waals surface area contributed by atoms with Gasteiger partial charge in [0.15, 0.2) is 6.29 Å². The molecule has 0 aliphatic rings. The van der Waals surface area contributed by atoms with Gasteiger partial charge in [-0.1, -0.05) is 12.1 Å². The molecule has 1 aromatic heterocycles. The molecule has 0 spiro atoms. The summed E-state index contributed by atoms with van der Waals surface area (Å²) in [7, 11) is 0. The quantitative estimate of drug-likeness (QED) is 0.473. The van der Waals surface area contributed by atoms with Gasteiger partial charge in [0.1, 0.15) is 5.75 Å². The minimum absolute atomic E-state index is 0.101. The fraction of sp³-hybridized carbons (Fsp3) is 0. The zero-order chi connectivity index (χ0) is 12.3. The van der Waals surface area contributed by atoms with Gasteiger partial charge < -0.3 is 4.74 Å². The van der Waals surface area contributed by atoms with E-state index in [4.69, 9.17) is 4.74 Å². The average Bonchev–Trinajstić information content (AvgIpc) is 2.78. The molecule has 5 nitrogen and oxygen atoms in total. The lowest BCUT2D eigenvalue weighted by Gasteiger charge is -2.04. The van der Waals surface area contributed by atoms with Crippen molar-refractivity contribution in [1.29, 1.82) is 0 Å². The van der Waals surface area contributed by atoms with Crippen LogP contribution in [0.3, 0.4) is 0 Å². The number of hydrogen-bond donors (Lipinski definition) is 0. The molecule has 1 aromatic carbocycles. The van der Waals surface area contributed by atoms with Gasteiger partial charge in [-0.15, -0.1) is 11.3 Å². The van der Waals surface area contributed by atoms with Crippen LogP contribution in [0.25, 0.3) is 0 Å². The van der Waals surface area contributed by atoms with Gasteiger partial charge in [-0.3, -0.25) is 14.9 Å². The lowest BCUT2D eigenvalue weighted by molar-refractivity contribution is -0.385. The molecule has 0 aliphatic heterocycles. The third kappa shape index (κ3) is 2.31. The lowest BCUT2D eigenvalue weighted by atomic mass is 10.2. The molecule has 86 valence electrons. The molecule has 0 atom stereocenters. The van der Waals surface area contributed by atoms with E-state index in [1.165, 1.54) is 6.07 Å². The SMILES string of the molecule is O=Cc1ccccc1Oc1sccc1[N+](=O)[O-]. The van der Waals surface area contributed by atoms with Crippen molar-refractivity contribution in [2.45, 2.75) is 0 Å². The van der Waals surface area contributed by atoms with E-state index in [-0.39, 0.29) is 10.8 Å². The minimum Gasteiger partial charge on any atom is -0.439 e. The second-order valence-corrected chi connectivity index (χ2v) is 3.99. The van der Waals surface area contributed by atoms with Crippen molar-refractivity contribution in [3.63, 3.8) is 0 Å². The van der Waals surface area contributed by atoms with Crippen molar-refractivity contribution in [2.75, 3.05) is 0 Å². The van der Waals surface area contributed by atoms with Gasteiger partial charge >= 0.3 is 5.69 Å². The minimum atomic E-state index is -0.518. The second kappa shape index (κ2) is 4.75. The van der Waals surface area contributed by atoms with Gasteiger partial charge in [-0.25, -0.2) is 0 Å². The van der Waals surface area contributed by atoms with Crippen LogP contribution >= 0.6 is 11.3 Å². The Morgan fingerprint density at radius 3 is 2.76 bits per heavy atom. The molecule has 17 heavy (non-hydrogen) atoms. The van der Waals surface area contributed by atoms with E-state index < -0.39 is 4.92 Å². The summed E-state index contributed by atoms with van der Waals surface area (Å²) in [6.07, 6.45) is 0.648. The standard InChI is InChI=1S/C11H7NO4S/c13-7-8-3-1-2-4-10(8)16-11-9(12(14)15)5-6-17-11/h1-7H. The highest BCUT2D eigenvalue weighted by Gasteiger charge is 2.18. The molecule has 2 aromatic rings. The highest BCUT2D eigenvalue weighted by atomic mass is 32.1. The van der Waals surface area contributed by atoms with Crippen LogP contribution in [-0.4, -0.2) is 11.2 Å². The van der Waals surface area contributed by atoms with E-state index in [2.05, 4.69) is 0 Å². The van der Waals surface area contributed by atoms with Crippen molar-refractivity contribution in [1.82, 2.24) is 0 Å². The molecule has 0 unspecified atom stereocenters. The predicted octanol–water partition coefficient (Wildman–Crippen LogP) is 3.26. The van der Waals surface area contributed by atoms with Crippen LogP contribution in [0.15, 0.2) is 35.7 Å². The first-order valence-electron chi connectivity index (χ1n) is 4.66. The Labute approximate surface area is 100 Å². The highest BCUT2D eigenvalue weighted by Crippen LogP contribution is 2.37. The van der Waals surface area contributed by atoms with E-state index >= 15 is 0 Å². The van der Waals surface area contributed by atoms with Crippen molar-refractivity contribution in [3.8, 4) is 10.8 Å². The van der Waals surface area contributed by atoms with Gasteiger partial charge in [-0.05, 0) is 12.1 Å². The van der Waals surface area contributed by atoms with Gasteiger partial charge in [0.05, 0.1) is 10.5 Å². The monoisotopic (exact) mass is 249 g/mol. The van der Waals surface area contributed by atoms with E-state index in [1.807, 2.05) is 0 Å². The fourth-order valence-electron chi connectivity index (χ4n) is 1.27. The summed E-state index contributed by atoms with van der Waals surface area (Å²) in [5.74, 6) is 0.313. The molecular weight excluding hydrogens is 242 g/mol. The largest absolute Gasteiger partial charge is 0.439 e. The summed E-state index contributed by atoms with van der Waals surface area (Å²) in [6, 6.07) is 7.93. The zero-order valence-corrected chi connectivity index (χ0v) is 9.35. The number of nitro groups is 1. The average molecular weight is 249 g/mol. The first-order valence-corrected chi connectivity index (χ1v) is 5.54. The van der Waals surface area contributed by atoms with E-state index in [0.29, 0.717) is 17.6 Å². The summed E-state index contributed by atoms with van der Waals surface area (Å²) in [5.41, 5.74) is 0.255. The molecule has 0 radical (unpaired) electrons. The van der Waals surface area contributed by atoms with Crippen LogP contribution in [-0.2, 0) is 0 Å². The second-order valence-electron chi connectivity index (χ2n) is 3.11. The summed E-state index contributed by atoms with van der Waals surface area (Å²) in [5, 5.41) is 12.4. The number of carbonyl (C=O) groups excluding carboxylic acids is 1. The molecule has 0 N–H and O–H groups in total. The Morgan fingerprint density at radius 2 is 2.06 bits per heavy atom. The summed E-state index contributed by atoms with van der Waals surface area (Å²) in [6.45, 7) is 0. The molecule has 6 heteroatoms. The fourth-order valence-corrected chi connectivity index (χ4v) is 1.99. The normalized spacial score (nSPS) is 9.88. The van der Waals surface area contributed by atoms with E-state index in [0.717, 1.165) is 11.3 Å². The summed E-state index contributed by atoms with van der Waals surface area (Å²) < 4.78 is 5.38. The zero-order valence-electron chi connectivity index (χ0n) is 8.53. The maximum absolute atomic E-state index is 10.8. The first kappa shape index (κ1) is 11.3. The Morgan fingerprint density at radius 1 is 1.29 bits per heavy atom. The third-order valence-electron chi connectivity index (χ3n) is 2.06. The van der Waals surface area contributed by atoms with Crippen LogP contribution in [0.4, 0.5) is 5.69 Å². The smallest absolute Gasteiger partial charge is 0.322 e. The van der Waals surface area contributed by atoms with Crippen LogP contribution in [0, 0.1) is 10.1 Å². The molecule has 0 fully saturated rings.